The number of ether oxygens (including phenoxy) is 2. The van der Waals surface area contributed by atoms with Crippen molar-refractivity contribution in [1.82, 2.24) is 5.32 Å². The lowest BCUT2D eigenvalue weighted by Crippen LogP contribution is -2.23. The predicted octanol–water partition coefficient (Wildman–Crippen LogP) is 0.0994. The molecule has 0 radical (unpaired) electrons. The molecular weight excluding hydrogens is 298 g/mol. The fourth-order valence-corrected chi connectivity index (χ4v) is 2.28. The first kappa shape index (κ1) is 14.5. The Hall–Kier alpha value is -1.94. The molecule has 1 aliphatic rings. The Morgan fingerprint density at radius 2 is 2.15 bits per heavy atom. The van der Waals surface area contributed by atoms with Crippen LogP contribution in [0.5, 0.6) is 5.75 Å². The van der Waals surface area contributed by atoms with Crippen molar-refractivity contribution < 1.29 is 31.5 Å². The fourth-order valence-electron chi connectivity index (χ4n) is 1.59. The van der Waals surface area contributed by atoms with Gasteiger partial charge in [0.15, 0.2) is 17.7 Å². The number of cyclic esters (lactones) is 1. The first-order valence-electron chi connectivity index (χ1n) is 5.36. The summed E-state index contributed by atoms with van der Waals surface area (Å²) < 4.78 is 58.8. The molecule has 1 saturated heterocycles. The van der Waals surface area contributed by atoms with Crippen LogP contribution in [0.2, 0.25) is 0 Å². The molecule has 1 aliphatic heterocycles. The second kappa shape index (κ2) is 5.21. The van der Waals surface area contributed by atoms with Gasteiger partial charge in [-0.2, -0.15) is 0 Å². The van der Waals surface area contributed by atoms with Crippen LogP contribution in [0.4, 0.5) is 13.6 Å². The summed E-state index contributed by atoms with van der Waals surface area (Å²) >= 11 is 0. The molecule has 0 spiro atoms. The number of nitrogens with two attached hydrogens (primary N) is 1. The van der Waals surface area contributed by atoms with Crippen LogP contribution in [0.1, 0.15) is 0 Å². The van der Waals surface area contributed by atoms with E-state index in [4.69, 9.17) is 14.6 Å². The summed E-state index contributed by atoms with van der Waals surface area (Å²) in [5.41, 5.74) is 0. The highest BCUT2D eigenvalue weighted by molar-refractivity contribution is 7.89. The molecular formula is C10H10F2N2O5S. The lowest BCUT2D eigenvalue weighted by Gasteiger charge is -2.13. The number of nitrogens with one attached hydrogen (secondary N) is 1. The number of amides is 1. The van der Waals surface area contributed by atoms with Gasteiger partial charge in [0.05, 0.1) is 6.54 Å². The maximum atomic E-state index is 13.6. The number of carbonyl (C=O) groups is 1. The number of halogens is 2. The Labute approximate surface area is 112 Å². The molecule has 20 heavy (non-hydrogen) atoms. The van der Waals surface area contributed by atoms with Crippen molar-refractivity contribution in [1.29, 1.82) is 0 Å². The Balaban J connectivity index is 2.24. The summed E-state index contributed by atoms with van der Waals surface area (Å²) in [4.78, 5) is 9.96. The van der Waals surface area contributed by atoms with Crippen molar-refractivity contribution in [3.05, 3.63) is 23.8 Å². The molecule has 1 aromatic carbocycles. The van der Waals surface area contributed by atoms with Crippen molar-refractivity contribution in [2.75, 3.05) is 13.2 Å². The highest BCUT2D eigenvalue weighted by Gasteiger charge is 2.26. The molecule has 1 unspecified atom stereocenters. The van der Waals surface area contributed by atoms with Crippen LogP contribution < -0.4 is 15.2 Å². The maximum Gasteiger partial charge on any atom is 0.407 e. The minimum atomic E-state index is -4.36. The van der Waals surface area contributed by atoms with Crippen molar-refractivity contribution in [3.8, 4) is 5.75 Å². The van der Waals surface area contributed by atoms with Gasteiger partial charge in [-0.25, -0.2) is 27.1 Å². The summed E-state index contributed by atoms with van der Waals surface area (Å²) in [5.74, 6) is -3.03. The van der Waals surface area contributed by atoms with Crippen LogP contribution in [0.3, 0.4) is 0 Å². The summed E-state index contributed by atoms with van der Waals surface area (Å²) in [6, 6.07) is 1.01. The number of hydrogen-bond donors (Lipinski definition) is 2. The number of carbonyl (C=O) groups excluding carboxylic acids is 1. The van der Waals surface area contributed by atoms with Crippen LogP contribution in [0, 0.1) is 11.6 Å². The second-order valence-electron chi connectivity index (χ2n) is 3.98. The van der Waals surface area contributed by atoms with Gasteiger partial charge in [-0.05, 0) is 6.07 Å². The summed E-state index contributed by atoms with van der Waals surface area (Å²) in [5, 5.41) is 7.20. The van der Waals surface area contributed by atoms with Gasteiger partial charge in [0.2, 0.25) is 10.0 Å². The van der Waals surface area contributed by atoms with Crippen molar-refractivity contribution in [3.63, 3.8) is 0 Å². The van der Waals surface area contributed by atoms with E-state index in [1.165, 1.54) is 0 Å². The monoisotopic (exact) mass is 308 g/mol. The van der Waals surface area contributed by atoms with E-state index in [1.807, 2.05) is 0 Å². The molecule has 0 aliphatic carbocycles. The quantitative estimate of drug-likeness (QED) is 0.820. The lowest BCUT2D eigenvalue weighted by atomic mass is 10.3. The zero-order chi connectivity index (χ0) is 14.9. The first-order valence-corrected chi connectivity index (χ1v) is 6.91. The molecule has 1 heterocycles. The molecule has 0 saturated carbocycles. The normalized spacial score (nSPS) is 18.6. The van der Waals surface area contributed by atoms with E-state index in [0.717, 1.165) is 0 Å². The smallest absolute Gasteiger partial charge is 0.407 e. The molecule has 0 aromatic heterocycles. The van der Waals surface area contributed by atoms with Crippen LogP contribution >= 0.6 is 0 Å². The van der Waals surface area contributed by atoms with Crippen molar-refractivity contribution in [2.45, 2.75) is 11.0 Å². The Kier molecular flexibility index (Phi) is 3.77. The van der Waals surface area contributed by atoms with Gasteiger partial charge in [0.1, 0.15) is 17.3 Å². The molecule has 3 N–H and O–H groups in total. The molecule has 1 aromatic rings. The molecule has 110 valence electrons. The molecule has 10 heteroatoms. The van der Waals surface area contributed by atoms with E-state index in [2.05, 4.69) is 5.32 Å². The Morgan fingerprint density at radius 1 is 1.45 bits per heavy atom. The molecule has 1 atom stereocenters. The highest BCUT2D eigenvalue weighted by Crippen LogP contribution is 2.28. The third-order valence-electron chi connectivity index (χ3n) is 2.44. The summed E-state index contributed by atoms with van der Waals surface area (Å²) in [6.45, 7) is -0.170. The van der Waals surface area contributed by atoms with Crippen molar-refractivity contribution in [2.24, 2.45) is 5.14 Å². The van der Waals surface area contributed by atoms with Gasteiger partial charge in [-0.1, -0.05) is 0 Å². The molecule has 1 fully saturated rings. The van der Waals surface area contributed by atoms with Crippen LogP contribution in [0.25, 0.3) is 0 Å². The zero-order valence-corrected chi connectivity index (χ0v) is 10.7. The van der Waals surface area contributed by atoms with Crippen LogP contribution in [0.15, 0.2) is 17.0 Å². The lowest BCUT2D eigenvalue weighted by molar-refractivity contribution is 0.102. The van der Waals surface area contributed by atoms with Gasteiger partial charge in [0.25, 0.3) is 0 Å². The van der Waals surface area contributed by atoms with E-state index in [-0.39, 0.29) is 13.2 Å². The van der Waals surface area contributed by atoms with Crippen LogP contribution in [-0.2, 0) is 14.8 Å². The zero-order valence-electron chi connectivity index (χ0n) is 9.93. The standard InChI is InChI=1S/C10H10F2N2O5S/c11-5-1-7(12)9(8(2-5)20(13,16)17)18-4-6-3-14-10(15)19-6/h1-2,6H,3-4H2,(H,14,15)(H2,13,16,17). The van der Waals surface area contributed by atoms with Gasteiger partial charge < -0.3 is 14.8 Å². The Bertz CT molecular complexity index is 649. The van der Waals surface area contributed by atoms with E-state index in [1.54, 1.807) is 0 Å². The van der Waals surface area contributed by atoms with Gasteiger partial charge in [-0.15, -0.1) is 0 Å². The van der Waals surface area contributed by atoms with Gasteiger partial charge in [-0.3, -0.25) is 0 Å². The summed E-state index contributed by atoms with van der Waals surface area (Å²) in [7, 11) is -4.36. The molecule has 0 bridgehead atoms. The first-order chi connectivity index (χ1) is 9.27. The minimum Gasteiger partial charge on any atom is -0.485 e. The topological polar surface area (TPSA) is 108 Å². The van der Waals surface area contributed by atoms with E-state index in [0.29, 0.717) is 12.1 Å². The molecule has 2 rings (SSSR count). The third-order valence-corrected chi connectivity index (χ3v) is 3.36. The number of rotatable bonds is 4. The van der Waals surface area contributed by atoms with E-state index in [9.17, 15) is 22.0 Å². The summed E-state index contributed by atoms with van der Waals surface area (Å²) in [6.07, 6.45) is -1.37. The van der Waals surface area contributed by atoms with Crippen LogP contribution in [-0.4, -0.2) is 33.8 Å². The fraction of sp³-hybridized carbons (Fsp3) is 0.300. The third kappa shape index (κ3) is 3.14. The number of primary sulfonamides is 1. The Morgan fingerprint density at radius 3 is 2.70 bits per heavy atom. The average Bonchev–Trinajstić information content (AvgIpc) is 2.72. The number of alkyl carbamates (subject to hydrolysis) is 1. The van der Waals surface area contributed by atoms with E-state index < -0.39 is 44.5 Å². The SMILES string of the molecule is NS(=O)(=O)c1cc(F)cc(F)c1OCC1CNC(=O)O1. The predicted molar refractivity (Wildman–Crippen MR) is 61.5 cm³/mol. The minimum absolute atomic E-state index is 0.131. The van der Waals surface area contributed by atoms with Gasteiger partial charge >= 0.3 is 6.09 Å². The second-order valence-corrected chi connectivity index (χ2v) is 5.51. The van der Waals surface area contributed by atoms with Gasteiger partial charge in [0, 0.05) is 6.07 Å². The number of sulfonamides is 1. The maximum absolute atomic E-state index is 13.6. The molecule has 7 nitrogen and oxygen atoms in total. The average molecular weight is 308 g/mol. The molecule has 1 amide bonds. The van der Waals surface area contributed by atoms with Crippen molar-refractivity contribution >= 4 is 16.1 Å². The number of benzene rings is 1. The highest BCUT2D eigenvalue weighted by atomic mass is 32.2. The van der Waals surface area contributed by atoms with E-state index >= 15 is 0 Å². The number of hydrogen-bond acceptors (Lipinski definition) is 5. The largest absolute Gasteiger partial charge is 0.485 e.